The molecule has 3 heterocycles. The fraction of sp³-hybridized carbons (Fsp3) is 0.500. The number of aromatic nitrogens is 5. The Morgan fingerprint density at radius 2 is 1.93 bits per heavy atom. The summed E-state index contributed by atoms with van der Waals surface area (Å²) in [6.45, 7) is 9.93. The minimum atomic E-state index is -0.512. The molecule has 150 valence electrons. The molecular weight excluding hydrogens is 354 g/mol. The minimum absolute atomic E-state index is 0.132. The van der Waals surface area contributed by atoms with Gasteiger partial charge in [0, 0.05) is 18.8 Å². The highest BCUT2D eigenvalue weighted by atomic mass is 16.3. The van der Waals surface area contributed by atoms with Gasteiger partial charge < -0.3 is 19.9 Å². The van der Waals surface area contributed by atoms with Gasteiger partial charge in [0.05, 0.1) is 30.4 Å². The molecule has 0 aliphatic rings. The monoisotopic (exact) mass is 383 g/mol. The van der Waals surface area contributed by atoms with Gasteiger partial charge >= 0.3 is 0 Å². The van der Waals surface area contributed by atoms with Crippen LogP contribution in [0, 0.1) is 6.92 Å². The predicted molar refractivity (Wildman–Crippen MR) is 112 cm³/mol. The number of hydrogen-bond acceptors (Lipinski definition) is 7. The SMILES string of the molecule is CC[C@H](Nc1nc(N(C)c2ccc(C)nc2)c2ncn(C(C)C)c2n1)[C@@H](C)O. The van der Waals surface area contributed by atoms with E-state index in [9.17, 15) is 5.11 Å². The molecule has 0 saturated heterocycles. The van der Waals surface area contributed by atoms with Crippen LogP contribution in [0.1, 0.15) is 45.9 Å². The highest BCUT2D eigenvalue weighted by Gasteiger charge is 2.21. The van der Waals surface area contributed by atoms with Gasteiger partial charge in [-0.05, 0) is 46.2 Å². The molecule has 3 aromatic heterocycles. The molecule has 0 aromatic carbocycles. The van der Waals surface area contributed by atoms with Crippen molar-refractivity contribution >= 4 is 28.6 Å². The van der Waals surface area contributed by atoms with Crippen LogP contribution in [0.4, 0.5) is 17.5 Å². The van der Waals surface area contributed by atoms with Crippen molar-refractivity contribution in [3.8, 4) is 0 Å². The van der Waals surface area contributed by atoms with Crippen molar-refractivity contribution < 1.29 is 5.11 Å². The molecule has 28 heavy (non-hydrogen) atoms. The topological polar surface area (TPSA) is 92.0 Å². The van der Waals surface area contributed by atoms with Crippen molar-refractivity contribution in [2.75, 3.05) is 17.3 Å². The van der Waals surface area contributed by atoms with Crippen molar-refractivity contribution in [2.45, 2.75) is 59.2 Å². The first-order valence-corrected chi connectivity index (χ1v) is 9.67. The lowest BCUT2D eigenvalue weighted by molar-refractivity contribution is 0.169. The summed E-state index contributed by atoms with van der Waals surface area (Å²) in [5, 5.41) is 13.3. The number of aliphatic hydroxyl groups is 1. The average molecular weight is 384 g/mol. The van der Waals surface area contributed by atoms with Crippen LogP contribution >= 0.6 is 0 Å². The normalized spacial score (nSPS) is 13.7. The first-order chi connectivity index (χ1) is 13.3. The van der Waals surface area contributed by atoms with Gasteiger partial charge in [-0.2, -0.15) is 9.97 Å². The third-order valence-corrected chi connectivity index (χ3v) is 4.90. The van der Waals surface area contributed by atoms with E-state index in [-0.39, 0.29) is 12.1 Å². The number of aryl methyl sites for hydroxylation is 1. The van der Waals surface area contributed by atoms with Crippen LogP contribution in [0.2, 0.25) is 0 Å². The number of nitrogens with one attached hydrogen (secondary N) is 1. The first kappa shape index (κ1) is 20.0. The van der Waals surface area contributed by atoms with Gasteiger partial charge in [0.1, 0.15) is 0 Å². The maximum atomic E-state index is 10.0. The van der Waals surface area contributed by atoms with Gasteiger partial charge in [0.15, 0.2) is 17.0 Å². The Labute approximate surface area is 165 Å². The van der Waals surface area contributed by atoms with Crippen LogP contribution in [0.25, 0.3) is 11.2 Å². The lowest BCUT2D eigenvalue weighted by Crippen LogP contribution is -2.31. The van der Waals surface area contributed by atoms with Gasteiger partial charge in [-0.1, -0.05) is 6.92 Å². The van der Waals surface area contributed by atoms with E-state index in [2.05, 4.69) is 29.1 Å². The fourth-order valence-corrected chi connectivity index (χ4v) is 3.09. The van der Waals surface area contributed by atoms with Crippen LogP contribution in [-0.2, 0) is 0 Å². The molecule has 3 aromatic rings. The summed E-state index contributed by atoms with van der Waals surface area (Å²) < 4.78 is 2.02. The average Bonchev–Trinajstić information content (AvgIpc) is 3.09. The summed E-state index contributed by atoms with van der Waals surface area (Å²) in [5.74, 6) is 1.17. The molecule has 0 fully saturated rings. The lowest BCUT2D eigenvalue weighted by atomic mass is 10.1. The number of anilines is 3. The zero-order chi connectivity index (χ0) is 20.4. The van der Waals surface area contributed by atoms with Crippen LogP contribution in [0.5, 0.6) is 0 Å². The van der Waals surface area contributed by atoms with E-state index in [1.807, 2.05) is 48.7 Å². The summed E-state index contributed by atoms with van der Waals surface area (Å²) >= 11 is 0. The summed E-state index contributed by atoms with van der Waals surface area (Å²) in [6, 6.07) is 4.06. The van der Waals surface area contributed by atoms with Crippen molar-refractivity contribution in [1.29, 1.82) is 0 Å². The second-order valence-electron chi connectivity index (χ2n) is 7.41. The molecule has 3 rings (SSSR count). The molecule has 0 aliphatic heterocycles. The zero-order valence-corrected chi connectivity index (χ0v) is 17.4. The summed E-state index contributed by atoms with van der Waals surface area (Å²) in [4.78, 5) is 20.4. The number of rotatable bonds is 7. The number of pyridine rings is 1. The summed E-state index contributed by atoms with van der Waals surface area (Å²) in [7, 11) is 1.94. The van der Waals surface area contributed by atoms with Gasteiger partial charge in [0.2, 0.25) is 5.95 Å². The first-order valence-electron chi connectivity index (χ1n) is 9.67. The van der Waals surface area contributed by atoms with E-state index in [1.54, 1.807) is 13.3 Å². The van der Waals surface area contributed by atoms with Gasteiger partial charge in [-0.25, -0.2) is 4.98 Å². The molecule has 8 nitrogen and oxygen atoms in total. The van der Waals surface area contributed by atoms with Crippen LogP contribution in [0.15, 0.2) is 24.7 Å². The molecule has 0 amide bonds. The van der Waals surface area contributed by atoms with E-state index in [0.29, 0.717) is 11.8 Å². The molecule has 8 heteroatoms. The van der Waals surface area contributed by atoms with Crippen molar-refractivity contribution in [3.63, 3.8) is 0 Å². The van der Waals surface area contributed by atoms with E-state index < -0.39 is 6.10 Å². The maximum Gasteiger partial charge on any atom is 0.227 e. The molecule has 0 radical (unpaired) electrons. The highest BCUT2D eigenvalue weighted by Crippen LogP contribution is 2.30. The maximum absolute atomic E-state index is 10.0. The Bertz CT molecular complexity index is 934. The molecule has 2 N–H and O–H groups in total. The van der Waals surface area contributed by atoms with Crippen LogP contribution in [-0.4, -0.2) is 48.8 Å². The Balaban J connectivity index is 2.12. The molecular formula is C20H29N7O. The fourth-order valence-electron chi connectivity index (χ4n) is 3.09. The zero-order valence-electron chi connectivity index (χ0n) is 17.4. The number of nitrogens with zero attached hydrogens (tertiary/aromatic N) is 6. The van der Waals surface area contributed by atoms with E-state index >= 15 is 0 Å². The van der Waals surface area contributed by atoms with Crippen molar-refractivity contribution in [1.82, 2.24) is 24.5 Å². The largest absolute Gasteiger partial charge is 0.391 e. The van der Waals surface area contributed by atoms with E-state index in [1.165, 1.54) is 0 Å². The standard InChI is InChI=1S/C20H29N7O/c1-7-16(14(5)28)23-20-24-18(26(6)15-9-8-13(4)21-10-15)17-19(25-20)27(11-22-17)12(2)3/h8-12,14,16,28H,7H2,1-6H3,(H,23,24,25)/t14-,16+/m1/s1. The predicted octanol–water partition coefficient (Wildman–Crippen LogP) is 3.45. The Morgan fingerprint density at radius 3 is 2.50 bits per heavy atom. The third-order valence-electron chi connectivity index (χ3n) is 4.90. The van der Waals surface area contributed by atoms with Gasteiger partial charge in [-0.3, -0.25) is 4.98 Å². The lowest BCUT2D eigenvalue weighted by Gasteiger charge is -2.23. The van der Waals surface area contributed by atoms with Crippen molar-refractivity contribution in [2.24, 2.45) is 0 Å². The molecule has 0 spiro atoms. The molecule has 0 aliphatic carbocycles. The smallest absolute Gasteiger partial charge is 0.227 e. The third kappa shape index (κ3) is 3.91. The molecule has 0 bridgehead atoms. The second kappa shape index (κ2) is 8.10. The number of imidazole rings is 1. The van der Waals surface area contributed by atoms with Gasteiger partial charge in [-0.15, -0.1) is 0 Å². The highest BCUT2D eigenvalue weighted by molar-refractivity contribution is 5.87. The number of hydrogen-bond donors (Lipinski definition) is 2. The number of aliphatic hydroxyl groups excluding tert-OH is 1. The summed E-state index contributed by atoms with van der Waals surface area (Å²) in [6.07, 6.45) is 3.86. The van der Waals surface area contributed by atoms with Crippen LogP contribution < -0.4 is 10.2 Å². The Kier molecular flexibility index (Phi) is 5.79. The minimum Gasteiger partial charge on any atom is -0.391 e. The molecule has 0 unspecified atom stereocenters. The van der Waals surface area contributed by atoms with Crippen LogP contribution in [0.3, 0.4) is 0 Å². The summed E-state index contributed by atoms with van der Waals surface area (Å²) in [5.41, 5.74) is 3.36. The quantitative estimate of drug-likeness (QED) is 0.645. The van der Waals surface area contributed by atoms with Gasteiger partial charge in [0.25, 0.3) is 0 Å². The number of fused-ring (bicyclic) bond motifs is 1. The van der Waals surface area contributed by atoms with Crippen molar-refractivity contribution in [3.05, 3.63) is 30.4 Å². The Hall–Kier alpha value is -2.74. The second-order valence-corrected chi connectivity index (χ2v) is 7.41. The molecule has 0 saturated carbocycles. The van der Waals surface area contributed by atoms with E-state index in [4.69, 9.17) is 9.97 Å². The molecule has 2 atom stereocenters. The van der Waals surface area contributed by atoms with E-state index in [0.717, 1.165) is 29.0 Å². The Morgan fingerprint density at radius 1 is 1.18 bits per heavy atom.